The summed E-state index contributed by atoms with van der Waals surface area (Å²) < 4.78 is 0. The molecule has 0 aromatic heterocycles. The molecule has 1 aliphatic carbocycles. The van der Waals surface area contributed by atoms with Crippen LogP contribution in [0.15, 0.2) is 42.5 Å². The molecule has 1 aliphatic rings. The average molecular weight is 528 g/mol. The summed E-state index contributed by atoms with van der Waals surface area (Å²) in [7, 11) is 0. The van der Waals surface area contributed by atoms with Gasteiger partial charge in [-0.25, -0.2) is 0 Å². The van der Waals surface area contributed by atoms with Gasteiger partial charge in [0.2, 0.25) is 11.8 Å². The Labute approximate surface area is 215 Å². The van der Waals surface area contributed by atoms with E-state index in [1.807, 2.05) is 12.1 Å². The van der Waals surface area contributed by atoms with E-state index in [4.69, 9.17) is 34.8 Å². The second-order valence-corrected chi connectivity index (χ2v) is 10.6. The van der Waals surface area contributed by atoms with Crippen LogP contribution in [0.1, 0.15) is 50.2 Å². The van der Waals surface area contributed by atoms with E-state index in [0.717, 1.165) is 36.8 Å². The first-order chi connectivity index (χ1) is 15.8. The summed E-state index contributed by atoms with van der Waals surface area (Å²) in [6, 6.07) is 12.3. The number of carbonyl (C=O) groups excluding carboxylic acids is 2. The fourth-order valence-corrected chi connectivity index (χ4v) is 5.70. The molecule has 0 spiro atoms. The third-order valence-corrected chi connectivity index (χ3v) is 7.82. The topological polar surface area (TPSA) is 49.4 Å². The van der Waals surface area contributed by atoms with Gasteiger partial charge in [-0.3, -0.25) is 9.59 Å². The van der Waals surface area contributed by atoms with Gasteiger partial charge in [0.15, 0.2) is 0 Å². The Morgan fingerprint density at radius 3 is 2.30 bits per heavy atom. The van der Waals surface area contributed by atoms with E-state index in [1.54, 1.807) is 42.2 Å². The first kappa shape index (κ1) is 26.2. The third kappa shape index (κ3) is 7.81. The summed E-state index contributed by atoms with van der Waals surface area (Å²) in [6.45, 7) is 2.13. The Kier molecular flexibility index (Phi) is 10.2. The first-order valence-electron chi connectivity index (χ1n) is 11.2. The van der Waals surface area contributed by atoms with E-state index in [1.165, 1.54) is 18.2 Å². The van der Waals surface area contributed by atoms with Crippen LogP contribution in [0.25, 0.3) is 0 Å². The Balaban J connectivity index is 1.67. The summed E-state index contributed by atoms with van der Waals surface area (Å²) in [4.78, 5) is 27.9. The Hall–Kier alpha value is -1.40. The van der Waals surface area contributed by atoms with Crippen LogP contribution in [0.5, 0.6) is 0 Å². The van der Waals surface area contributed by atoms with Gasteiger partial charge in [-0.15, -0.1) is 11.8 Å². The van der Waals surface area contributed by atoms with Crippen molar-refractivity contribution in [2.45, 2.75) is 63.4 Å². The second-order valence-electron chi connectivity index (χ2n) is 8.36. The minimum absolute atomic E-state index is 0.107. The molecule has 1 saturated carbocycles. The quantitative estimate of drug-likeness (QED) is 0.392. The lowest BCUT2D eigenvalue weighted by Crippen LogP contribution is -2.50. The van der Waals surface area contributed by atoms with Crippen molar-refractivity contribution >= 4 is 58.4 Å². The fraction of sp³-hybridized carbons (Fsp3) is 0.440. The Morgan fingerprint density at radius 1 is 1.03 bits per heavy atom. The number of hydrogen-bond acceptors (Lipinski definition) is 3. The number of hydrogen-bond donors (Lipinski definition) is 1. The highest BCUT2D eigenvalue weighted by Gasteiger charge is 2.28. The molecule has 1 N–H and O–H groups in total. The molecule has 0 aliphatic heterocycles. The molecule has 0 radical (unpaired) electrons. The number of carbonyl (C=O) groups is 2. The summed E-state index contributed by atoms with van der Waals surface area (Å²) >= 11 is 20.0. The molecular formula is C25H29Cl3N2O2S. The maximum atomic E-state index is 13.2. The molecule has 1 atom stereocenters. The molecule has 4 nitrogen and oxygen atoms in total. The summed E-state index contributed by atoms with van der Waals surface area (Å²) in [5.74, 6) is 0.519. The molecule has 0 unspecified atom stereocenters. The van der Waals surface area contributed by atoms with Crippen LogP contribution in [0.2, 0.25) is 15.1 Å². The molecule has 0 heterocycles. The van der Waals surface area contributed by atoms with Gasteiger partial charge < -0.3 is 10.2 Å². The van der Waals surface area contributed by atoms with Crippen molar-refractivity contribution in [3.8, 4) is 0 Å². The Morgan fingerprint density at radius 2 is 1.67 bits per heavy atom. The van der Waals surface area contributed by atoms with Gasteiger partial charge in [-0.05, 0) is 55.2 Å². The highest BCUT2D eigenvalue weighted by Crippen LogP contribution is 2.28. The molecular weight excluding hydrogens is 499 g/mol. The van der Waals surface area contributed by atoms with Crippen LogP contribution >= 0.6 is 46.6 Å². The number of rotatable bonds is 9. The number of thioether (sulfide) groups is 1. The SMILES string of the molecule is C[C@@H](C(=O)NC1CCCCC1)N(Cc1ccc(Cl)cc1)C(=O)CSCc1c(Cl)cccc1Cl. The largest absolute Gasteiger partial charge is 0.352 e. The van der Waals surface area contributed by atoms with Gasteiger partial charge in [0.1, 0.15) is 6.04 Å². The number of amides is 2. The van der Waals surface area contributed by atoms with E-state index in [9.17, 15) is 9.59 Å². The van der Waals surface area contributed by atoms with E-state index in [-0.39, 0.29) is 23.6 Å². The molecule has 1 fully saturated rings. The predicted octanol–water partition coefficient (Wildman–Crippen LogP) is 6.75. The lowest BCUT2D eigenvalue weighted by atomic mass is 9.95. The van der Waals surface area contributed by atoms with Crippen molar-refractivity contribution in [2.24, 2.45) is 0 Å². The first-order valence-corrected chi connectivity index (χ1v) is 13.5. The zero-order valence-electron chi connectivity index (χ0n) is 18.7. The Bertz CT molecular complexity index is 929. The zero-order chi connectivity index (χ0) is 23.8. The standard InChI is InChI=1S/C25H29Cl3N2O2S/c1-17(25(32)29-20-6-3-2-4-7-20)30(14-18-10-12-19(26)13-11-18)24(31)16-33-15-21-22(27)8-5-9-23(21)28/h5,8-13,17,20H,2-4,6-7,14-16H2,1H3,(H,29,32)/t17-/m0/s1. The third-order valence-electron chi connectivity index (χ3n) is 5.92. The van der Waals surface area contributed by atoms with Gasteiger partial charge in [0.25, 0.3) is 0 Å². The monoisotopic (exact) mass is 526 g/mol. The van der Waals surface area contributed by atoms with E-state index >= 15 is 0 Å². The van der Waals surface area contributed by atoms with Gasteiger partial charge in [-0.1, -0.05) is 72.3 Å². The average Bonchev–Trinajstić information content (AvgIpc) is 2.80. The summed E-state index contributed by atoms with van der Waals surface area (Å²) in [6.07, 6.45) is 5.48. The van der Waals surface area contributed by atoms with Crippen molar-refractivity contribution in [2.75, 3.05) is 5.75 Å². The molecule has 0 saturated heterocycles. The van der Waals surface area contributed by atoms with Crippen LogP contribution in [-0.4, -0.2) is 34.6 Å². The molecule has 33 heavy (non-hydrogen) atoms. The van der Waals surface area contributed by atoms with Crippen LogP contribution < -0.4 is 5.32 Å². The number of halogens is 3. The lowest BCUT2D eigenvalue weighted by molar-refractivity contribution is -0.139. The van der Waals surface area contributed by atoms with Gasteiger partial charge in [-0.2, -0.15) is 0 Å². The minimum atomic E-state index is -0.584. The van der Waals surface area contributed by atoms with Crippen LogP contribution in [0.4, 0.5) is 0 Å². The van der Waals surface area contributed by atoms with Crippen molar-refractivity contribution in [1.82, 2.24) is 10.2 Å². The van der Waals surface area contributed by atoms with Crippen molar-refractivity contribution in [3.05, 3.63) is 68.7 Å². The summed E-state index contributed by atoms with van der Waals surface area (Å²) in [5, 5.41) is 4.95. The van der Waals surface area contributed by atoms with E-state index in [0.29, 0.717) is 27.4 Å². The molecule has 3 rings (SSSR count). The maximum Gasteiger partial charge on any atom is 0.242 e. The van der Waals surface area contributed by atoms with Crippen LogP contribution in [-0.2, 0) is 21.9 Å². The molecule has 2 aromatic rings. The highest BCUT2D eigenvalue weighted by molar-refractivity contribution is 7.99. The van der Waals surface area contributed by atoms with Gasteiger partial charge in [0.05, 0.1) is 5.75 Å². The molecule has 178 valence electrons. The zero-order valence-corrected chi connectivity index (χ0v) is 21.7. The smallest absolute Gasteiger partial charge is 0.242 e. The number of nitrogens with zero attached hydrogens (tertiary/aromatic N) is 1. The number of benzene rings is 2. The minimum Gasteiger partial charge on any atom is -0.352 e. The second kappa shape index (κ2) is 12.9. The number of nitrogens with one attached hydrogen (secondary N) is 1. The van der Waals surface area contributed by atoms with Gasteiger partial charge in [0, 0.05) is 33.4 Å². The lowest BCUT2D eigenvalue weighted by Gasteiger charge is -2.31. The van der Waals surface area contributed by atoms with Crippen molar-refractivity contribution in [3.63, 3.8) is 0 Å². The highest BCUT2D eigenvalue weighted by atomic mass is 35.5. The van der Waals surface area contributed by atoms with Crippen molar-refractivity contribution in [1.29, 1.82) is 0 Å². The molecule has 8 heteroatoms. The molecule has 0 bridgehead atoms. The summed E-state index contributed by atoms with van der Waals surface area (Å²) in [5.41, 5.74) is 1.73. The molecule has 2 aromatic carbocycles. The fourth-order valence-electron chi connectivity index (χ4n) is 3.93. The van der Waals surface area contributed by atoms with Crippen LogP contribution in [0, 0.1) is 0 Å². The van der Waals surface area contributed by atoms with Gasteiger partial charge >= 0.3 is 0 Å². The van der Waals surface area contributed by atoms with Crippen molar-refractivity contribution < 1.29 is 9.59 Å². The van der Waals surface area contributed by atoms with Crippen LogP contribution in [0.3, 0.4) is 0 Å². The van der Waals surface area contributed by atoms with E-state index < -0.39 is 6.04 Å². The predicted molar refractivity (Wildman–Crippen MR) is 139 cm³/mol. The maximum absolute atomic E-state index is 13.2. The normalized spacial score (nSPS) is 15.2. The van der Waals surface area contributed by atoms with E-state index in [2.05, 4.69) is 5.32 Å². The molecule has 2 amide bonds.